The van der Waals surface area contributed by atoms with E-state index in [2.05, 4.69) is 33.9 Å². The zero-order chi connectivity index (χ0) is 20.5. The van der Waals surface area contributed by atoms with Crippen molar-refractivity contribution >= 4 is 46.3 Å². The molecule has 0 spiro atoms. The summed E-state index contributed by atoms with van der Waals surface area (Å²) in [4.78, 5) is 23.7. The van der Waals surface area contributed by atoms with Crippen LogP contribution in [-0.2, 0) is 14.3 Å². The molecule has 0 aromatic heterocycles. The van der Waals surface area contributed by atoms with Crippen molar-refractivity contribution < 1.29 is 24.2 Å². The third kappa shape index (κ3) is 6.76. The minimum Gasteiger partial charge on any atom is -0.508 e. The van der Waals surface area contributed by atoms with E-state index in [4.69, 9.17) is 9.47 Å². The van der Waals surface area contributed by atoms with Gasteiger partial charge in [0.05, 0.1) is 12.4 Å². The molecule has 0 fully saturated rings. The summed E-state index contributed by atoms with van der Waals surface area (Å²) in [6, 6.07) is 13.8. The van der Waals surface area contributed by atoms with E-state index in [0.717, 1.165) is 4.47 Å². The van der Waals surface area contributed by atoms with Crippen LogP contribution in [0.4, 0.5) is 10.5 Å². The van der Waals surface area contributed by atoms with Gasteiger partial charge in [-0.25, -0.2) is 4.79 Å². The maximum Gasteiger partial charge on any atom is 0.412 e. The minimum absolute atomic E-state index is 0.000210. The van der Waals surface area contributed by atoms with E-state index in [1.807, 2.05) is 13.0 Å². The highest BCUT2D eigenvalue weighted by Crippen LogP contribution is 2.36. The van der Waals surface area contributed by atoms with E-state index in [-0.39, 0.29) is 24.0 Å². The summed E-state index contributed by atoms with van der Waals surface area (Å²) >= 11 is 7.23. The summed E-state index contributed by atoms with van der Waals surface area (Å²) in [7, 11) is 0. The van der Waals surface area contributed by atoms with Crippen LogP contribution >= 0.6 is 28.6 Å². The van der Waals surface area contributed by atoms with Crippen molar-refractivity contribution in [1.82, 2.24) is 0 Å². The van der Waals surface area contributed by atoms with Gasteiger partial charge >= 0.3 is 12.1 Å². The number of hydrogen-bond donors (Lipinski definition) is 3. The molecule has 150 valence electrons. The highest BCUT2D eigenvalue weighted by Gasteiger charge is 2.27. The lowest BCUT2D eigenvalue weighted by molar-refractivity contribution is -0.141. The summed E-state index contributed by atoms with van der Waals surface area (Å²) < 4.78 is 11.4. The quantitative estimate of drug-likeness (QED) is 0.378. The zero-order valence-corrected chi connectivity index (χ0v) is 17.8. The number of rotatable bonds is 8. The number of ether oxygens (including phenoxy) is 2. The minimum atomic E-state index is -0.740. The summed E-state index contributed by atoms with van der Waals surface area (Å²) in [5.41, 5.74) is 1.06. The van der Waals surface area contributed by atoms with Gasteiger partial charge in [0.2, 0.25) is 0 Å². The van der Waals surface area contributed by atoms with Crippen LogP contribution in [0.3, 0.4) is 0 Å². The lowest BCUT2D eigenvalue weighted by Gasteiger charge is -2.25. The Morgan fingerprint density at radius 2 is 1.93 bits per heavy atom. The van der Waals surface area contributed by atoms with Crippen LogP contribution in [0.2, 0.25) is 0 Å². The molecule has 2 N–H and O–H groups in total. The Kier molecular flexibility index (Phi) is 8.66. The van der Waals surface area contributed by atoms with Crippen LogP contribution in [0.5, 0.6) is 5.75 Å². The van der Waals surface area contributed by atoms with Gasteiger partial charge in [0, 0.05) is 21.6 Å². The van der Waals surface area contributed by atoms with Crippen LogP contribution in [0.15, 0.2) is 53.0 Å². The maximum atomic E-state index is 12.4. The van der Waals surface area contributed by atoms with Crippen molar-refractivity contribution in [3.05, 3.63) is 58.6 Å². The summed E-state index contributed by atoms with van der Waals surface area (Å²) in [6.07, 6.45) is -0.944. The molecular formula is C20H22BrNO5S. The number of nitrogens with one attached hydrogen (secondary N) is 1. The first kappa shape index (κ1) is 22.1. The van der Waals surface area contributed by atoms with Crippen LogP contribution in [-0.4, -0.2) is 29.5 Å². The van der Waals surface area contributed by atoms with Gasteiger partial charge < -0.3 is 14.6 Å². The highest BCUT2D eigenvalue weighted by atomic mass is 79.9. The molecule has 0 heterocycles. The molecule has 0 aliphatic rings. The smallest absolute Gasteiger partial charge is 0.412 e. The van der Waals surface area contributed by atoms with Gasteiger partial charge in [0.1, 0.15) is 11.9 Å². The molecule has 0 radical (unpaired) electrons. The van der Waals surface area contributed by atoms with E-state index in [9.17, 15) is 14.7 Å². The van der Waals surface area contributed by atoms with E-state index >= 15 is 0 Å². The molecule has 2 rings (SSSR count). The predicted octanol–water partition coefficient (Wildman–Crippen LogP) is 4.94. The number of carbonyl (C=O) groups is 2. The average Bonchev–Trinajstić information content (AvgIpc) is 2.68. The number of aromatic hydroxyl groups is 1. The SMILES string of the molecule is C[C@H](CCOC(=O)CS)[C@@H](OC(=O)Nc1ccccc1)c1cc(Br)ccc1O. The van der Waals surface area contributed by atoms with Crippen LogP contribution < -0.4 is 5.32 Å². The van der Waals surface area contributed by atoms with Gasteiger partial charge in [-0.05, 0) is 36.8 Å². The molecule has 0 saturated carbocycles. The monoisotopic (exact) mass is 467 g/mol. The third-order valence-corrected chi connectivity index (χ3v) is 4.78. The van der Waals surface area contributed by atoms with Crippen LogP contribution in [0.25, 0.3) is 0 Å². The molecule has 0 unspecified atom stereocenters. The van der Waals surface area contributed by atoms with Crippen molar-refractivity contribution in [2.75, 3.05) is 17.7 Å². The van der Waals surface area contributed by atoms with Gasteiger partial charge in [-0.15, -0.1) is 0 Å². The van der Waals surface area contributed by atoms with Gasteiger partial charge in [-0.2, -0.15) is 12.6 Å². The molecule has 0 aliphatic heterocycles. The van der Waals surface area contributed by atoms with E-state index in [0.29, 0.717) is 17.7 Å². The van der Waals surface area contributed by atoms with Crippen molar-refractivity contribution in [1.29, 1.82) is 0 Å². The van der Waals surface area contributed by atoms with Gasteiger partial charge in [-0.3, -0.25) is 10.1 Å². The molecule has 1 amide bonds. The van der Waals surface area contributed by atoms with Gasteiger partial charge in [0.25, 0.3) is 0 Å². The number of benzene rings is 2. The zero-order valence-electron chi connectivity index (χ0n) is 15.3. The first-order valence-electron chi connectivity index (χ1n) is 8.68. The van der Waals surface area contributed by atoms with Gasteiger partial charge in [-0.1, -0.05) is 41.1 Å². The molecule has 6 nitrogen and oxygen atoms in total. The maximum absolute atomic E-state index is 12.4. The number of hydrogen-bond acceptors (Lipinski definition) is 6. The number of phenols is 1. The van der Waals surface area contributed by atoms with E-state index in [1.165, 1.54) is 6.07 Å². The molecule has 8 heteroatoms. The summed E-state index contributed by atoms with van der Waals surface area (Å²) in [6.45, 7) is 2.02. The number of halogens is 1. The van der Waals surface area contributed by atoms with Crippen molar-refractivity contribution in [2.24, 2.45) is 5.92 Å². The molecule has 0 bridgehead atoms. The first-order valence-corrected chi connectivity index (χ1v) is 10.1. The molecule has 2 aromatic carbocycles. The number of para-hydroxylation sites is 1. The lowest BCUT2D eigenvalue weighted by Crippen LogP contribution is -2.23. The molecular weight excluding hydrogens is 446 g/mol. The number of esters is 1. The molecule has 2 aromatic rings. The Hall–Kier alpha value is -2.19. The largest absolute Gasteiger partial charge is 0.508 e. The third-order valence-electron chi connectivity index (χ3n) is 4.03. The summed E-state index contributed by atoms with van der Waals surface area (Å²) in [5, 5.41) is 12.9. The normalized spacial score (nSPS) is 12.7. The number of anilines is 1. The lowest BCUT2D eigenvalue weighted by atomic mass is 9.94. The fraction of sp³-hybridized carbons (Fsp3) is 0.300. The highest BCUT2D eigenvalue weighted by molar-refractivity contribution is 9.10. The first-order chi connectivity index (χ1) is 13.4. The fourth-order valence-electron chi connectivity index (χ4n) is 2.58. The summed E-state index contributed by atoms with van der Waals surface area (Å²) in [5.74, 6) is -0.630. The number of amides is 1. The Balaban J connectivity index is 2.14. The van der Waals surface area contributed by atoms with Crippen molar-refractivity contribution in [3.8, 4) is 5.75 Å². The second-order valence-electron chi connectivity index (χ2n) is 6.16. The number of carbonyl (C=O) groups excluding carboxylic acids is 2. The van der Waals surface area contributed by atoms with Crippen LogP contribution in [0, 0.1) is 5.92 Å². The van der Waals surface area contributed by atoms with Crippen LogP contribution in [0.1, 0.15) is 25.0 Å². The second-order valence-corrected chi connectivity index (χ2v) is 7.40. The van der Waals surface area contributed by atoms with Gasteiger partial charge in [0.15, 0.2) is 0 Å². The Bertz CT molecular complexity index is 802. The van der Waals surface area contributed by atoms with E-state index < -0.39 is 18.2 Å². The molecule has 0 aliphatic carbocycles. The number of phenolic OH excluding ortho intramolecular Hbond substituents is 1. The Morgan fingerprint density at radius 3 is 2.61 bits per heavy atom. The molecule has 28 heavy (non-hydrogen) atoms. The van der Waals surface area contributed by atoms with Crippen molar-refractivity contribution in [3.63, 3.8) is 0 Å². The fourth-order valence-corrected chi connectivity index (χ4v) is 3.05. The average molecular weight is 468 g/mol. The molecule has 2 atom stereocenters. The van der Waals surface area contributed by atoms with E-state index in [1.54, 1.807) is 36.4 Å². The standard InChI is InChI=1S/C20H22BrNO5S/c1-13(9-10-26-18(24)12-28)19(16-11-14(21)7-8-17(16)23)27-20(25)22-15-5-3-2-4-6-15/h2-8,11,13,19,23,28H,9-10,12H2,1H3,(H,22,25)/t13-,19-/m1/s1. The predicted molar refractivity (Wildman–Crippen MR) is 114 cm³/mol. The second kappa shape index (κ2) is 11.0. The van der Waals surface area contributed by atoms with Crippen molar-refractivity contribution in [2.45, 2.75) is 19.4 Å². The Labute approximate surface area is 177 Å². The topological polar surface area (TPSA) is 84.9 Å². The Morgan fingerprint density at radius 1 is 1.21 bits per heavy atom. The molecule has 0 saturated heterocycles. The number of thiol groups is 1.